The van der Waals surface area contributed by atoms with Gasteiger partial charge in [-0.25, -0.2) is 0 Å². The first-order valence-electron chi connectivity index (χ1n) is 8.83. The number of methoxy groups -OCH3 is 2. The van der Waals surface area contributed by atoms with Crippen LogP contribution in [0.4, 0.5) is 13.2 Å². The maximum atomic E-state index is 13.3. The Hall–Kier alpha value is -2.00. The summed E-state index contributed by atoms with van der Waals surface area (Å²) in [6, 6.07) is 3.59. The molecule has 9 heteroatoms. The molecule has 1 saturated heterocycles. The summed E-state index contributed by atoms with van der Waals surface area (Å²) in [5.41, 5.74) is 0.816. The SMILES string of the molecule is COc1cc(CCC(=O)NCC(N2CCNCC2)C(F)(F)F)cc(OC)c1. The number of hydrogen-bond acceptors (Lipinski definition) is 5. The lowest BCUT2D eigenvalue weighted by molar-refractivity contribution is -0.184. The molecule has 0 radical (unpaired) electrons. The van der Waals surface area contributed by atoms with Gasteiger partial charge in [0.05, 0.1) is 14.2 Å². The Morgan fingerprint density at radius 3 is 2.30 bits per heavy atom. The van der Waals surface area contributed by atoms with Crippen LogP contribution in [0.2, 0.25) is 0 Å². The predicted octanol–water partition coefficient (Wildman–Crippen LogP) is 1.59. The fourth-order valence-corrected chi connectivity index (χ4v) is 3.01. The number of rotatable bonds is 8. The molecule has 0 spiro atoms. The van der Waals surface area contributed by atoms with Crippen LogP contribution in [0.5, 0.6) is 11.5 Å². The predicted molar refractivity (Wildman–Crippen MR) is 95.2 cm³/mol. The third-order valence-corrected chi connectivity index (χ3v) is 4.51. The highest BCUT2D eigenvalue weighted by Crippen LogP contribution is 2.25. The summed E-state index contributed by atoms with van der Waals surface area (Å²) >= 11 is 0. The summed E-state index contributed by atoms with van der Waals surface area (Å²) in [7, 11) is 3.05. The molecule has 1 heterocycles. The van der Waals surface area contributed by atoms with E-state index in [9.17, 15) is 18.0 Å². The Labute approximate surface area is 157 Å². The van der Waals surface area contributed by atoms with E-state index in [1.54, 1.807) is 18.2 Å². The second-order valence-corrected chi connectivity index (χ2v) is 6.37. The second kappa shape index (κ2) is 9.80. The molecule has 0 saturated carbocycles. The summed E-state index contributed by atoms with van der Waals surface area (Å²) in [6.45, 7) is 1.20. The topological polar surface area (TPSA) is 62.8 Å². The number of aryl methyl sites for hydroxylation is 1. The number of carbonyl (C=O) groups is 1. The number of piperazine rings is 1. The molecule has 27 heavy (non-hydrogen) atoms. The molecule has 0 aliphatic carbocycles. The van der Waals surface area contributed by atoms with Crippen LogP contribution >= 0.6 is 0 Å². The van der Waals surface area contributed by atoms with E-state index >= 15 is 0 Å². The van der Waals surface area contributed by atoms with Crippen LogP contribution in [0.1, 0.15) is 12.0 Å². The van der Waals surface area contributed by atoms with Crippen molar-refractivity contribution in [1.29, 1.82) is 0 Å². The van der Waals surface area contributed by atoms with E-state index in [-0.39, 0.29) is 6.42 Å². The van der Waals surface area contributed by atoms with Gasteiger partial charge >= 0.3 is 6.18 Å². The van der Waals surface area contributed by atoms with Crippen LogP contribution in [-0.4, -0.2) is 70.0 Å². The van der Waals surface area contributed by atoms with Gasteiger partial charge in [0.25, 0.3) is 0 Å². The molecule has 1 fully saturated rings. The van der Waals surface area contributed by atoms with Crippen LogP contribution in [0.15, 0.2) is 18.2 Å². The molecule has 1 aromatic rings. The number of carbonyl (C=O) groups excluding carboxylic acids is 1. The summed E-state index contributed by atoms with van der Waals surface area (Å²) in [4.78, 5) is 13.4. The van der Waals surface area contributed by atoms with Gasteiger partial charge in [-0.15, -0.1) is 0 Å². The fourth-order valence-electron chi connectivity index (χ4n) is 3.01. The zero-order valence-electron chi connectivity index (χ0n) is 15.6. The highest BCUT2D eigenvalue weighted by atomic mass is 19.4. The summed E-state index contributed by atoms with van der Waals surface area (Å²) in [5.74, 6) is 0.780. The van der Waals surface area contributed by atoms with Gasteiger partial charge in [-0.2, -0.15) is 13.2 Å². The highest BCUT2D eigenvalue weighted by molar-refractivity contribution is 5.76. The summed E-state index contributed by atoms with van der Waals surface area (Å²) < 4.78 is 50.3. The quantitative estimate of drug-likeness (QED) is 0.707. The number of nitrogens with one attached hydrogen (secondary N) is 2. The Morgan fingerprint density at radius 1 is 1.19 bits per heavy atom. The molecular weight excluding hydrogens is 363 g/mol. The number of ether oxygens (including phenoxy) is 2. The van der Waals surface area contributed by atoms with Crippen molar-refractivity contribution in [3.8, 4) is 11.5 Å². The van der Waals surface area contributed by atoms with Crippen LogP contribution in [0.3, 0.4) is 0 Å². The van der Waals surface area contributed by atoms with Crippen LogP contribution < -0.4 is 20.1 Å². The van der Waals surface area contributed by atoms with Gasteiger partial charge in [0.15, 0.2) is 0 Å². The Morgan fingerprint density at radius 2 is 1.78 bits per heavy atom. The largest absolute Gasteiger partial charge is 0.497 e. The Kier molecular flexibility index (Phi) is 7.73. The lowest BCUT2D eigenvalue weighted by atomic mass is 10.1. The van der Waals surface area contributed by atoms with Crippen molar-refractivity contribution in [3.05, 3.63) is 23.8 Å². The third kappa shape index (κ3) is 6.59. The highest BCUT2D eigenvalue weighted by Gasteiger charge is 2.43. The van der Waals surface area contributed by atoms with Gasteiger partial charge in [-0.3, -0.25) is 9.69 Å². The maximum Gasteiger partial charge on any atom is 0.405 e. The zero-order valence-corrected chi connectivity index (χ0v) is 15.6. The van der Waals surface area contributed by atoms with Gasteiger partial charge in [0.1, 0.15) is 17.5 Å². The molecule has 2 N–H and O–H groups in total. The number of amides is 1. The first-order valence-corrected chi connectivity index (χ1v) is 8.83. The number of nitrogens with zero attached hydrogens (tertiary/aromatic N) is 1. The van der Waals surface area contributed by atoms with Gasteiger partial charge in [-0.05, 0) is 24.1 Å². The van der Waals surface area contributed by atoms with Crippen molar-refractivity contribution in [2.45, 2.75) is 25.1 Å². The lowest BCUT2D eigenvalue weighted by Crippen LogP contribution is -2.57. The van der Waals surface area contributed by atoms with Crippen molar-refractivity contribution in [2.24, 2.45) is 0 Å². The average Bonchev–Trinajstić information content (AvgIpc) is 2.66. The summed E-state index contributed by atoms with van der Waals surface area (Å²) in [5, 5.41) is 5.46. The lowest BCUT2D eigenvalue weighted by Gasteiger charge is -2.35. The monoisotopic (exact) mass is 389 g/mol. The van der Waals surface area contributed by atoms with Crippen molar-refractivity contribution in [3.63, 3.8) is 0 Å². The first-order chi connectivity index (χ1) is 12.8. The van der Waals surface area contributed by atoms with Crippen molar-refractivity contribution in [1.82, 2.24) is 15.5 Å². The van der Waals surface area contributed by atoms with E-state index < -0.39 is 24.7 Å². The molecule has 1 unspecified atom stereocenters. The minimum absolute atomic E-state index is 0.0858. The molecule has 6 nitrogen and oxygen atoms in total. The smallest absolute Gasteiger partial charge is 0.405 e. The maximum absolute atomic E-state index is 13.3. The van der Waals surface area contributed by atoms with E-state index in [0.717, 1.165) is 5.56 Å². The van der Waals surface area contributed by atoms with E-state index in [2.05, 4.69) is 10.6 Å². The number of halogens is 3. The van der Waals surface area contributed by atoms with Gasteiger partial charge in [0, 0.05) is 45.2 Å². The van der Waals surface area contributed by atoms with E-state index in [1.807, 2.05) is 0 Å². The zero-order chi connectivity index (χ0) is 19.9. The number of alkyl halides is 3. The summed E-state index contributed by atoms with van der Waals surface area (Å²) in [6.07, 6.45) is -3.92. The molecule has 152 valence electrons. The average molecular weight is 389 g/mol. The van der Waals surface area contributed by atoms with Crippen LogP contribution in [0, 0.1) is 0 Å². The normalized spacial score (nSPS) is 16.6. The number of hydrogen-bond donors (Lipinski definition) is 2. The van der Waals surface area contributed by atoms with Gasteiger partial charge in [-0.1, -0.05) is 0 Å². The molecule has 1 aliphatic rings. The minimum Gasteiger partial charge on any atom is -0.497 e. The Bertz CT molecular complexity index is 597. The van der Waals surface area contributed by atoms with Crippen molar-refractivity contribution < 1.29 is 27.4 Å². The Balaban J connectivity index is 1.88. The van der Waals surface area contributed by atoms with E-state index in [1.165, 1.54) is 19.1 Å². The first kappa shape index (κ1) is 21.3. The second-order valence-electron chi connectivity index (χ2n) is 6.37. The van der Waals surface area contributed by atoms with Gasteiger partial charge < -0.3 is 20.1 Å². The third-order valence-electron chi connectivity index (χ3n) is 4.51. The van der Waals surface area contributed by atoms with E-state index in [4.69, 9.17) is 9.47 Å². The molecular formula is C18H26F3N3O3. The standard InChI is InChI=1S/C18H26F3N3O3/c1-26-14-9-13(10-15(11-14)27-2)3-4-17(25)23-12-16(18(19,20)21)24-7-5-22-6-8-24/h9-11,16,22H,3-8,12H2,1-2H3,(H,23,25). The molecule has 2 rings (SSSR count). The molecule has 0 bridgehead atoms. The van der Waals surface area contributed by atoms with Crippen LogP contribution in [0.25, 0.3) is 0 Å². The molecule has 1 aliphatic heterocycles. The van der Waals surface area contributed by atoms with E-state index in [0.29, 0.717) is 44.1 Å². The molecule has 1 aromatic carbocycles. The number of benzene rings is 1. The molecule has 1 amide bonds. The fraction of sp³-hybridized carbons (Fsp3) is 0.611. The van der Waals surface area contributed by atoms with Gasteiger partial charge in [0.2, 0.25) is 5.91 Å². The van der Waals surface area contributed by atoms with Crippen molar-refractivity contribution in [2.75, 3.05) is 46.9 Å². The van der Waals surface area contributed by atoms with Crippen molar-refractivity contribution >= 4 is 5.91 Å². The molecule has 0 aromatic heterocycles. The minimum atomic E-state index is -4.38. The van der Waals surface area contributed by atoms with Crippen LogP contribution in [-0.2, 0) is 11.2 Å². The molecule has 1 atom stereocenters.